The zero-order valence-electron chi connectivity index (χ0n) is 10.0. The molecule has 0 bridgehead atoms. The minimum atomic E-state index is -1.09. The molecule has 94 valence electrons. The van der Waals surface area contributed by atoms with Crippen LogP contribution in [0.25, 0.3) is 0 Å². The van der Waals surface area contributed by atoms with Crippen molar-refractivity contribution >= 4 is 11.9 Å². The van der Waals surface area contributed by atoms with E-state index in [0.717, 1.165) is 6.42 Å². The molecule has 0 aliphatic rings. The molecule has 0 spiro atoms. The molecule has 17 heavy (non-hydrogen) atoms. The van der Waals surface area contributed by atoms with Crippen molar-refractivity contribution in [3.8, 4) is 0 Å². The van der Waals surface area contributed by atoms with Crippen molar-refractivity contribution in [2.75, 3.05) is 6.54 Å². The highest BCUT2D eigenvalue weighted by Crippen LogP contribution is 1.98. The van der Waals surface area contributed by atoms with Gasteiger partial charge in [-0.15, -0.1) is 0 Å². The second-order valence-corrected chi connectivity index (χ2v) is 4.27. The Morgan fingerprint density at radius 2 is 2.24 bits per heavy atom. The van der Waals surface area contributed by atoms with Gasteiger partial charge in [0.2, 0.25) is 5.91 Å². The predicted octanol–water partition coefficient (Wildman–Crippen LogP) is 0.744. The molecule has 1 aromatic rings. The average molecular weight is 239 g/mol. The molecular weight excluding hydrogens is 222 g/mol. The summed E-state index contributed by atoms with van der Waals surface area (Å²) in [6, 6.07) is 0. The van der Waals surface area contributed by atoms with Crippen molar-refractivity contribution in [2.24, 2.45) is 5.92 Å². The van der Waals surface area contributed by atoms with Gasteiger partial charge in [0.1, 0.15) is 6.54 Å². The summed E-state index contributed by atoms with van der Waals surface area (Å²) < 4.78 is 1.45. The van der Waals surface area contributed by atoms with Crippen molar-refractivity contribution in [1.29, 1.82) is 0 Å². The summed E-state index contributed by atoms with van der Waals surface area (Å²) in [5, 5.41) is 11.4. The van der Waals surface area contributed by atoms with Gasteiger partial charge in [-0.3, -0.25) is 4.79 Å². The number of aromatic carboxylic acids is 1. The molecule has 0 atom stereocenters. The summed E-state index contributed by atoms with van der Waals surface area (Å²) in [4.78, 5) is 25.7. The highest BCUT2D eigenvalue weighted by molar-refractivity contribution is 5.85. The Labute approximate surface area is 99.7 Å². The van der Waals surface area contributed by atoms with Crippen molar-refractivity contribution in [3.05, 3.63) is 18.2 Å². The first kappa shape index (κ1) is 13.2. The van der Waals surface area contributed by atoms with E-state index in [9.17, 15) is 9.59 Å². The minimum Gasteiger partial charge on any atom is -0.476 e. The first-order valence-corrected chi connectivity index (χ1v) is 5.51. The molecule has 6 heteroatoms. The van der Waals surface area contributed by atoms with E-state index < -0.39 is 5.97 Å². The fraction of sp³-hybridized carbons (Fsp3) is 0.545. The van der Waals surface area contributed by atoms with E-state index in [1.165, 1.54) is 17.1 Å². The third-order valence-electron chi connectivity index (χ3n) is 2.22. The van der Waals surface area contributed by atoms with Gasteiger partial charge in [0.15, 0.2) is 5.69 Å². The molecule has 6 nitrogen and oxygen atoms in total. The fourth-order valence-corrected chi connectivity index (χ4v) is 1.28. The van der Waals surface area contributed by atoms with Crippen LogP contribution < -0.4 is 5.32 Å². The Hall–Kier alpha value is -1.85. The van der Waals surface area contributed by atoms with E-state index in [0.29, 0.717) is 12.5 Å². The molecule has 0 saturated carbocycles. The van der Waals surface area contributed by atoms with Crippen LogP contribution in [-0.4, -0.2) is 33.1 Å². The molecule has 0 unspecified atom stereocenters. The van der Waals surface area contributed by atoms with Gasteiger partial charge in [-0.1, -0.05) is 13.8 Å². The van der Waals surface area contributed by atoms with Gasteiger partial charge in [0.25, 0.3) is 0 Å². The van der Waals surface area contributed by atoms with Gasteiger partial charge in [0, 0.05) is 12.7 Å². The summed E-state index contributed by atoms with van der Waals surface area (Å²) >= 11 is 0. The molecule has 1 amide bonds. The number of carbonyl (C=O) groups excluding carboxylic acids is 1. The maximum atomic E-state index is 11.5. The molecule has 1 aromatic heterocycles. The number of nitrogens with zero attached hydrogens (tertiary/aromatic N) is 2. The number of amides is 1. The van der Waals surface area contributed by atoms with Gasteiger partial charge in [-0.05, 0) is 12.3 Å². The van der Waals surface area contributed by atoms with Crippen LogP contribution in [0.2, 0.25) is 0 Å². The van der Waals surface area contributed by atoms with Crippen LogP contribution in [0.4, 0.5) is 0 Å². The van der Waals surface area contributed by atoms with Gasteiger partial charge >= 0.3 is 5.97 Å². The lowest BCUT2D eigenvalue weighted by Gasteiger charge is -2.07. The molecule has 0 aliphatic carbocycles. The van der Waals surface area contributed by atoms with Crippen LogP contribution in [0, 0.1) is 5.92 Å². The Kier molecular flexibility index (Phi) is 4.68. The summed E-state index contributed by atoms with van der Waals surface area (Å²) in [6.45, 7) is 4.90. The van der Waals surface area contributed by atoms with E-state index in [4.69, 9.17) is 5.11 Å². The normalized spacial score (nSPS) is 10.5. The Morgan fingerprint density at radius 3 is 2.76 bits per heavy atom. The third-order valence-corrected chi connectivity index (χ3v) is 2.22. The largest absolute Gasteiger partial charge is 0.476 e. The second-order valence-electron chi connectivity index (χ2n) is 4.27. The average Bonchev–Trinajstić information content (AvgIpc) is 2.65. The van der Waals surface area contributed by atoms with Gasteiger partial charge in [-0.2, -0.15) is 0 Å². The lowest BCUT2D eigenvalue weighted by molar-refractivity contribution is -0.121. The molecule has 0 radical (unpaired) electrons. The Bertz CT molecular complexity index is 398. The second kappa shape index (κ2) is 6.03. The SMILES string of the molecule is CC(C)CCNC(=O)Cn1cnc(C(=O)O)c1. The number of imidazole rings is 1. The number of carbonyl (C=O) groups is 2. The summed E-state index contributed by atoms with van der Waals surface area (Å²) in [6.07, 6.45) is 3.60. The summed E-state index contributed by atoms with van der Waals surface area (Å²) in [5.74, 6) is -0.689. The highest BCUT2D eigenvalue weighted by atomic mass is 16.4. The first-order valence-electron chi connectivity index (χ1n) is 5.51. The van der Waals surface area contributed by atoms with Crippen molar-refractivity contribution in [2.45, 2.75) is 26.8 Å². The number of carboxylic acid groups (broad SMARTS) is 1. The third kappa shape index (κ3) is 4.67. The monoisotopic (exact) mass is 239 g/mol. The van der Waals surface area contributed by atoms with E-state index in [-0.39, 0.29) is 18.1 Å². The Balaban J connectivity index is 2.37. The van der Waals surface area contributed by atoms with E-state index in [2.05, 4.69) is 24.1 Å². The van der Waals surface area contributed by atoms with Crippen molar-refractivity contribution < 1.29 is 14.7 Å². The van der Waals surface area contributed by atoms with Crippen molar-refractivity contribution in [1.82, 2.24) is 14.9 Å². The zero-order chi connectivity index (χ0) is 12.8. The number of hydrogen-bond donors (Lipinski definition) is 2. The van der Waals surface area contributed by atoms with E-state index >= 15 is 0 Å². The minimum absolute atomic E-state index is 0.0556. The standard InChI is InChI=1S/C11H17N3O3/c1-8(2)3-4-12-10(15)6-14-5-9(11(16)17)13-7-14/h5,7-8H,3-4,6H2,1-2H3,(H,12,15)(H,16,17). The van der Waals surface area contributed by atoms with Gasteiger partial charge in [-0.25, -0.2) is 9.78 Å². The molecule has 0 fully saturated rings. The summed E-state index contributed by atoms with van der Waals surface area (Å²) in [5.41, 5.74) is -0.0556. The maximum Gasteiger partial charge on any atom is 0.356 e. The zero-order valence-corrected chi connectivity index (χ0v) is 10.0. The molecule has 0 aromatic carbocycles. The van der Waals surface area contributed by atoms with Gasteiger partial charge < -0.3 is 15.0 Å². The maximum absolute atomic E-state index is 11.5. The van der Waals surface area contributed by atoms with Crippen molar-refractivity contribution in [3.63, 3.8) is 0 Å². The number of aromatic nitrogens is 2. The highest BCUT2D eigenvalue weighted by Gasteiger charge is 2.08. The fourth-order valence-electron chi connectivity index (χ4n) is 1.28. The van der Waals surface area contributed by atoms with E-state index in [1.54, 1.807) is 0 Å². The van der Waals surface area contributed by atoms with Crippen LogP contribution in [0.3, 0.4) is 0 Å². The van der Waals surface area contributed by atoms with Crippen LogP contribution in [0.5, 0.6) is 0 Å². The number of rotatable bonds is 6. The first-order chi connectivity index (χ1) is 7.99. The number of carboxylic acids is 1. The Morgan fingerprint density at radius 1 is 1.53 bits per heavy atom. The smallest absolute Gasteiger partial charge is 0.356 e. The summed E-state index contributed by atoms with van der Waals surface area (Å²) in [7, 11) is 0. The quantitative estimate of drug-likeness (QED) is 0.767. The molecule has 1 rings (SSSR count). The van der Waals surface area contributed by atoms with Crippen LogP contribution in [0.15, 0.2) is 12.5 Å². The number of hydrogen-bond acceptors (Lipinski definition) is 3. The van der Waals surface area contributed by atoms with Crippen LogP contribution >= 0.6 is 0 Å². The topological polar surface area (TPSA) is 84.2 Å². The van der Waals surface area contributed by atoms with Gasteiger partial charge in [0.05, 0.1) is 6.33 Å². The predicted molar refractivity (Wildman–Crippen MR) is 61.7 cm³/mol. The lowest BCUT2D eigenvalue weighted by atomic mass is 10.1. The van der Waals surface area contributed by atoms with Crippen LogP contribution in [-0.2, 0) is 11.3 Å². The van der Waals surface area contributed by atoms with E-state index in [1.807, 2.05) is 0 Å². The molecule has 2 N–H and O–H groups in total. The molecule has 0 saturated heterocycles. The molecular formula is C11H17N3O3. The molecule has 0 aliphatic heterocycles. The molecule has 1 heterocycles. The lowest BCUT2D eigenvalue weighted by Crippen LogP contribution is -2.28. The van der Waals surface area contributed by atoms with Crippen LogP contribution in [0.1, 0.15) is 30.8 Å². The number of nitrogens with one attached hydrogen (secondary N) is 1.